The molecule has 2 saturated carbocycles. The highest BCUT2D eigenvalue weighted by Crippen LogP contribution is 2.45. The van der Waals surface area contributed by atoms with E-state index in [0.717, 1.165) is 56.1 Å². The van der Waals surface area contributed by atoms with Crippen molar-refractivity contribution in [2.45, 2.75) is 101 Å². The molecule has 0 unspecified atom stereocenters. The number of fused-ring (bicyclic) bond motifs is 3. The quantitative estimate of drug-likeness (QED) is 0.311. The van der Waals surface area contributed by atoms with Crippen LogP contribution < -0.4 is 15.4 Å². The molecular formula is C35H43N7O6S. The summed E-state index contributed by atoms with van der Waals surface area (Å²) in [6.45, 7) is 0.0766. The zero-order valence-corrected chi connectivity index (χ0v) is 28.5. The van der Waals surface area contributed by atoms with Crippen molar-refractivity contribution in [1.29, 1.82) is 0 Å². The first-order valence-corrected chi connectivity index (χ1v) is 18.3. The van der Waals surface area contributed by atoms with Crippen LogP contribution in [0.2, 0.25) is 0 Å². The molecule has 3 amide bonds. The van der Waals surface area contributed by atoms with Gasteiger partial charge in [0.05, 0.1) is 12.1 Å². The summed E-state index contributed by atoms with van der Waals surface area (Å²) in [5.41, 5.74) is -0.00618. The Balaban J connectivity index is 1.18. The molecule has 4 aliphatic rings. The SMILES string of the molecule is Cn1nccc1-c1nc(O[C@@H]2C[C@H]3C(=O)N[C@]4(C(=O)O)C[C@H]4/C=C/CCCCC[C@H](NC(=O)CC4CCCC4)C(=O)N3C2)c2sccc2n1. The summed E-state index contributed by atoms with van der Waals surface area (Å²) >= 11 is 1.43. The lowest BCUT2D eigenvalue weighted by Gasteiger charge is -2.29. The molecule has 7 rings (SSSR count). The van der Waals surface area contributed by atoms with Gasteiger partial charge in [0.1, 0.15) is 34.1 Å². The molecule has 0 spiro atoms. The fourth-order valence-corrected chi connectivity index (χ4v) is 8.42. The number of carbonyl (C=O) groups excluding carboxylic acids is 3. The van der Waals surface area contributed by atoms with Gasteiger partial charge in [-0.3, -0.25) is 19.1 Å². The molecule has 3 aromatic heterocycles. The molecule has 14 heteroatoms. The minimum atomic E-state index is -1.41. The Hall–Kier alpha value is -4.33. The van der Waals surface area contributed by atoms with E-state index in [9.17, 15) is 24.3 Å². The van der Waals surface area contributed by atoms with Crippen LogP contribution in [0.15, 0.2) is 35.9 Å². The number of thiophene rings is 1. The Labute approximate surface area is 288 Å². The topological polar surface area (TPSA) is 169 Å². The lowest BCUT2D eigenvalue weighted by atomic mass is 10.0. The minimum absolute atomic E-state index is 0.0766. The van der Waals surface area contributed by atoms with Gasteiger partial charge < -0.3 is 25.4 Å². The zero-order chi connectivity index (χ0) is 34.1. The molecule has 260 valence electrons. The van der Waals surface area contributed by atoms with E-state index >= 15 is 0 Å². The third kappa shape index (κ3) is 6.92. The molecule has 3 N–H and O–H groups in total. The first-order chi connectivity index (χ1) is 23.7. The van der Waals surface area contributed by atoms with E-state index in [1.165, 1.54) is 16.2 Å². The van der Waals surface area contributed by atoms with Crippen molar-refractivity contribution in [2.24, 2.45) is 18.9 Å². The van der Waals surface area contributed by atoms with Crippen LogP contribution in [0.1, 0.15) is 77.0 Å². The van der Waals surface area contributed by atoms with E-state index in [0.29, 0.717) is 48.1 Å². The molecule has 0 aromatic carbocycles. The molecule has 5 heterocycles. The van der Waals surface area contributed by atoms with Crippen LogP contribution in [0, 0.1) is 11.8 Å². The van der Waals surface area contributed by atoms with Crippen LogP contribution >= 0.6 is 11.3 Å². The summed E-state index contributed by atoms with van der Waals surface area (Å²) in [6, 6.07) is 1.90. The Kier molecular flexibility index (Phi) is 9.40. The third-order valence-electron chi connectivity index (χ3n) is 10.5. The van der Waals surface area contributed by atoms with E-state index in [1.54, 1.807) is 17.9 Å². The second kappa shape index (κ2) is 13.9. The van der Waals surface area contributed by atoms with Gasteiger partial charge in [-0.15, -0.1) is 11.3 Å². The lowest BCUT2D eigenvalue weighted by Crippen LogP contribution is -2.56. The second-order valence-corrected chi connectivity index (χ2v) is 14.8. The van der Waals surface area contributed by atoms with Crippen molar-refractivity contribution in [1.82, 2.24) is 35.3 Å². The zero-order valence-electron chi connectivity index (χ0n) is 27.7. The van der Waals surface area contributed by atoms with Crippen molar-refractivity contribution in [3.63, 3.8) is 0 Å². The van der Waals surface area contributed by atoms with E-state index in [-0.39, 0.29) is 30.7 Å². The number of nitrogens with zero attached hydrogens (tertiary/aromatic N) is 5. The standard InChI is InChI=1S/C35H43N7O6S/c1-41-26(13-15-36-41)30-38-24-14-16-49-29(24)32(39-30)48-23-18-27-31(44)40-35(34(46)47)19-22(35)11-5-3-2-4-6-12-25(33(45)42(27)20-23)37-28(43)17-21-9-7-8-10-21/h5,11,13-16,21-23,25,27H,2-4,6-10,12,17-20H2,1H3,(H,37,43)(H,40,44)(H,46,47)/b11-5+/t22-,23-,25+,27+,35-/m1/s1. The van der Waals surface area contributed by atoms with Crippen LogP contribution in [0.5, 0.6) is 5.88 Å². The molecular weight excluding hydrogens is 646 g/mol. The molecule has 49 heavy (non-hydrogen) atoms. The highest BCUT2D eigenvalue weighted by molar-refractivity contribution is 7.17. The number of carbonyl (C=O) groups is 4. The van der Waals surface area contributed by atoms with Crippen LogP contribution in [-0.2, 0) is 26.2 Å². The monoisotopic (exact) mass is 689 g/mol. The van der Waals surface area contributed by atoms with Crippen molar-refractivity contribution in [2.75, 3.05) is 6.54 Å². The first-order valence-electron chi connectivity index (χ1n) is 17.4. The number of ether oxygens (including phenoxy) is 1. The third-order valence-corrected chi connectivity index (χ3v) is 11.4. The molecule has 0 radical (unpaired) electrons. The van der Waals surface area contributed by atoms with Gasteiger partial charge in [-0.1, -0.05) is 37.8 Å². The average Bonchev–Trinajstić information content (AvgIpc) is 3.67. The summed E-state index contributed by atoms with van der Waals surface area (Å²) < 4.78 is 8.93. The van der Waals surface area contributed by atoms with Gasteiger partial charge in [0, 0.05) is 32.0 Å². The molecule has 2 aliphatic heterocycles. The predicted molar refractivity (Wildman–Crippen MR) is 181 cm³/mol. The Morgan fingerprint density at radius 3 is 2.71 bits per heavy atom. The van der Waals surface area contributed by atoms with Crippen LogP contribution in [0.4, 0.5) is 0 Å². The summed E-state index contributed by atoms with van der Waals surface area (Å²) in [7, 11) is 1.80. The molecule has 5 atom stereocenters. The summed E-state index contributed by atoms with van der Waals surface area (Å²) in [4.78, 5) is 65.1. The highest BCUT2D eigenvalue weighted by atomic mass is 32.1. The van der Waals surface area contributed by atoms with Gasteiger partial charge in [0.2, 0.25) is 23.6 Å². The fourth-order valence-electron chi connectivity index (χ4n) is 7.66. The Morgan fingerprint density at radius 1 is 1.12 bits per heavy atom. The van der Waals surface area contributed by atoms with Gasteiger partial charge in [-0.2, -0.15) is 10.1 Å². The van der Waals surface area contributed by atoms with Gasteiger partial charge in [0.15, 0.2) is 5.82 Å². The number of aromatic nitrogens is 4. The number of carboxylic acid groups (broad SMARTS) is 1. The minimum Gasteiger partial charge on any atom is -0.479 e. The summed E-state index contributed by atoms with van der Waals surface area (Å²) in [5.74, 6) is -1.35. The van der Waals surface area contributed by atoms with Gasteiger partial charge >= 0.3 is 5.97 Å². The summed E-state index contributed by atoms with van der Waals surface area (Å²) in [6.07, 6.45) is 13.7. The first kappa shape index (κ1) is 33.2. The number of aliphatic carboxylic acids is 1. The van der Waals surface area contributed by atoms with E-state index in [2.05, 4.69) is 15.7 Å². The predicted octanol–water partition coefficient (Wildman–Crippen LogP) is 3.99. The fraction of sp³-hybridized carbons (Fsp3) is 0.571. The number of hydrogen-bond donors (Lipinski definition) is 3. The van der Waals surface area contributed by atoms with E-state index in [1.807, 2.05) is 29.7 Å². The van der Waals surface area contributed by atoms with Crippen LogP contribution in [0.3, 0.4) is 0 Å². The van der Waals surface area contributed by atoms with Gasteiger partial charge in [0.25, 0.3) is 0 Å². The summed E-state index contributed by atoms with van der Waals surface area (Å²) in [5, 5.41) is 22.2. The highest BCUT2D eigenvalue weighted by Gasteiger charge is 2.61. The smallest absolute Gasteiger partial charge is 0.330 e. The number of allylic oxidation sites excluding steroid dienone is 1. The number of rotatable bonds is 7. The number of carboxylic acids is 1. The van der Waals surface area contributed by atoms with Gasteiger partial charge in [-0.05, 0) is 62.0 Å². The number of hydrogen-bond acceptors (Lipinski definition) is 9. The van der Waals surface area contributed by atoms with E-state index in [4.69, 9.17) is 14.7 Å². The van der Waals surface area contributed by atoms with Crippen molar-refractivity contribution in [3.8, 4) is 17.4 Å². The normalized spacial score (nSPS) is 28.6. The molecule has 1 saturated heterocycles. The molecule has 3 fully saturated rings. The van der Waals surface area contributed by atoms with Gasteiger partial charge in [-0.25, -0.2) is 9.78 Å². The molecule has 0 bridgehead atoms. The average molecular weight is 690 g/mol. The maximum absolute atomic E-state index is 14.4. The lowest BCUT2D eigenvalue weighted by molar-refractivity contribution is -0.146. The number of aryl methyl sites for hydroxylation is 1. The van der Waals surface area contributed by atoms with E-state index < -0.39 is 35.6 Å². The Bertz CT molecular complexity index is 1770. The van der Waals surface area contributed by atoms with Crippen LogP contribution in [0.25, 0.3) is 21.7 Å². The maximum atomic E-state index is 14.4. The maximum Gasteiger partial charge on any atom is 0.330 e. The largest absolute Gasteiger partial charge is 0.479 e. The second-order valence-electron chi connectivity index (χ2n) is 13.9. The Morgan fingerprint density at radius 2 is 1.94 bits per heavy atom. The molecule has 13 nitrogen and oxygen atoms in total. The van der Waals surface area contributed by atoms with Crippen LogP contribution in [-0.4, -0.2) is 83.7 Å². The van der Waals surface area contributed by atoms with Crippen molar-refractivity contribution in [3.05, 3.63) is 35.9 Å². The van der Waals surface area contributed by atoms with Crippen molar-refractivity contribution >= 4 is 45.2 Å². The number of amides is 3. The molecule has 3 aromatic rings. The molecule has 2 aliphatic carbocycles. The van der Waals surface area contributed by atoms with Crippen molar-refractivity contribution < 1.29 is 29.0 Å². The number of nitrogens with one attached hydrogen (secondary N) is 2.